The van der Waals surface area contributed by atoms with Crippen LogP contribution in [0.25, 0.3) is 11.1 Å². The van der Waals surface area contributed by atoms with Gasteiger partial charge in [0.15, 0.2) is 0 Å². The molecule has 2 aliphatic carbocycles. The lowest BCUT2D eigenvalue weighted by molar-refractivity contribution is -0.145. The third-order valence-corrected chi connectivity index (χ3v) is 6.55. The summed E-state index contributed by atoms with van der Waals surface area (Å²) in [6.45, 7) is 1.22. The SMILES string of the molecule is CN(C)CCN(CC(=O)O)C(=O)[C@H]1C[C@H]1CNC(=O)OCC1c2ccccc2-c2ccccc21. The first-order chi connectivity index (χ1) is 16.3. The number of ether oxygens (including phenoxy) is 1. The molecule has 2 aromatic carbocycles. The van der Waals surface area contributed by atoms with Gasteiger partial charge in [-0.2, -0.15) is 0 Å². The van der Waals surface area contributed by atoms with Crippen LogP contribution in [0, 0.1) is 11.8 Å². The fourth-order valence-corrected chi connectivity index (χ4v) is 4.63. The summed E-state index contributed by atoms with van der Waals surface area (Å²) in [6.07, 6.45) is 0.135. The monoisotopic (exact) mass is 465 g/mol. The van der Waals surface area contributed by atoms with Gasteiger partial charge in [-0.1, -0.05) is 48.5 Å². The van der Waals surface area contributed by atoms with Crippen molar-refractivity contribution in [3.05, 3.63) is 59.7 Å². The zero-order chi connectivity index (χ0) is 24.2. The maximum absolute atomic E-state index is 12.7. The molecular formula is C26H31N3O5. The molecule has 0 unspecified atom stereocenters. The third kappa shape index (κ3) is 5.39. The second-order valence-electron chi connectivity index (χ2n) is 9.27. The molecule has 180 valence electrons. The predicted molar refractivity (Wildman–Crippen MR) is 127 cm³/mol. The molecule has 0 heterocycles. The van der Waals surface area contributed by atoms with Crippen LogP contribution in [0.15, 0.2) is 48.5 Å². The van der Waals surface area contributed by atoms with Crippen molar-refractivity contribution in [2.45, 2.75) is 12.3 Å². The van der Waals surface area contributed by atoms with E-state index in [-0.39, 0.29) is 36.8 Å². The molecule has 1 fully saturated rings. The summed E-state index contributed by atoms with van der Waals surface area (Å²) in [5, 5.41) is 11.9. The molecular weight excluding hydrogens is 434 g/mol. The number of amides is 2. The maximum Gasteiger partial charge on any atom is 0.407 e. The fourth-order valence-electron chi connectivity index (χ4n) is 4.63. The number of likely N-dealkylation sites (N-methyl/N-ethyl adjacent to an activating group) is 1. The molecule has 34 heavy (non-hydrogen) atoms. The molecule has 0 aliphatic heterocycles. The van der Waals surface area contributed by atoms with Gasteiger partial charge in [-0.15, -0.1) is 0 Å². The van der Waals surface area contributed by atoms with Crippen molar-refractivity contribution in [1.29, 1.82) is 0 Å². The highest BCUT2D eigenvalue weighted by molar-refractivity contribution is 5.85. The molecule has 2 amide bonds. The van der Waals surface area contributed by atoms with Crippen molar-refractivity contribution in [3.63, 3.8) is 0 Å². The number of alkyl carbamates (subject to hydrolysis) is 1. The number of nitrogens with zero attached hydrogens (tertiary/aromatic N) is 2. The van der Waals surface area contributed by atoms with E-state index in [4.69, 9.17) is 9.84 Å². The van der Waals surface area contributed by atoms with Gasteiger partial charge < -0.3 is 25.0 Å². The number of hydrogen-bond donors (Lipinski definition) is 2. The highest BCUT2D eigenvalue weighted by Crippen LogP contribution is 2.44. The van der Waals surface area contributed by atoms with E-state index in [0.717, 1.165) is 11.1 Å². The summed E-state index contributed by atoms with van der Waals surface area (Å²) in [5.41, 5.74) is 4.65. The van der Waals surface area contributed by atoms with Crippen LogP contribution >= 0.6 is 0 Å². The summed E-state index contributed by atoms with van der Waals surface area (Å²) in [7, 11) is 3.75. The molecule has 0 radical (unpaired) electrons. The van der Waals surface area contributed by atoms with Gasteiger partial charge in [-0.3, -0.25) is 9.59 Å². The van der Waals surface area contributed by atoms with Gasteiger partial charge in [0, 0.05) is 31.5 Å². The Kier molecular flexibility index (Phi) is 7.17. The van der Waals surface area contributed by atoms with Crippen LogP contribution in [0.4, 0.5) is 4.79 Å². The number of nitrogens with one attached hydrogen (secondary N) is 1. The quantitative estimate of drug-likeness (QED) is 0.560. The van der Waals surface area contributed by atoms with E-state index < -0.39 is 12.1 Å². The number of carbonyl (C=O) groups is 3. The normalized spacial score (nSPS) is 18.2. The average molecular weight is 466 g/mol. The Morgan fingerprint density at radius 3 is 2.21 bits per heavy atom. The average Bonchev–Trinajstić information content (AvgIpc) is 3.53. The molecule has 2 N–H and O–H groups in total. The van der Waals surface area contributed by atoms with E-state index in [1.54, 1.807) is 0 Å². The molecule has 0 saturated heterocycles. The molecule has 0 spiro atoms. The van der Waals surface area contributed by atoms with Crippen LogP contribution in [0.3, 0.4) is 0 Å². The largest absolute Gasteiger partial charge is 0.480 e. The molecule has 2 aromatic rings. The van der Waals surface area contributed by atoms with E-state index >= 15 is 0 Å². The topological polar surface area (TPSA) is 99.2 Å². The van der Waals surface area contributed by atoms with E-state index in [0.29, 0.717) is 26.1 Å². The molecule has 1 saturated carbocycles. The number of carboxylic acid groups (broad SMARTS) is 1. The fraction of sp³-hybridized carbons (Fsp3) is 0.423. The third-order valence-electron chi connectivity index (χ3n) is 6.55. The van der Waals surface area contributed by atoms with Gasteiger partial charge in [0.05, 0.1) is 0 Å². The molecule has 2 atom stereocenters. The maximum atomic E-state index is 12.7. The highest BCUT2D eigenvalue weighted by Gasteiger charge is 2.45. The second kappa shape index (κ2) is 10.3. The minimum atomic E-state index is -1.03. The molecule has 2 aliphatic rings. The minimum Gasteiger partial charge on any atom is -0.480 e. The summed E-state index contributed by atoms with van der Waals surface area (Å²) in [6, 6.07) is 16.3. The minimum absolute atomic E-state index is 0.00336. The number of carbonyl (C=O) groups excluding carboxylic acids is 2. The van der Waals surface area contributed by atoms with Crippen LogP contribution in [0.1, 0.15) is 23.5 Å². The summed E-state index contributed by atoms with van der Waals surface area (Å²) in [5.74, 6) is -1.45. The lowest BCUT2D eigenvalue weighted by Crippen LogP contribution is -2.41. The van der Waals surface area contributed by atoms with Crippen LogP contribution in [0.5, 0.6) is 0 Å². The van der Waals surface area contributed by atoms with Crippen molar-refractivity contribution in [1.82, 2.24) is 15.1 Å². The van der Waals surface area contributed by atoms with Gasteiger partial charge in [0.2, 0.25) is 5.91 Å². The van der Waals surface area contributed by atoms with Crippen molar-refractivity contribution >= 4 is 18.0 Å². The van der Waals surface area contributed by atoms with Crippen LogP contribution in [-0.4, -0.2) is 79.8 Å². The molecule has 8 nitrogen and oxygen atoms in total. The number of carboxylic acids is 1. The van der Waals surface area contributed by atoms with E-state index in [1.807, 2.05) is 43.3 Å². The molecule has 4 rings (SSSR count). The Morgan fingerprint density at radius 2 is 1.62 bits per heavy atom. The van der Waals surface area contributed by atoms with Crippen LogP contribution < -0.4 is 5.32 Å². The lowest BCUT2D eigenvalue weighted by Gasteiger charge is -2.23. The Bertz CT molecular complexity index is 1020. The first-order valence-electron chi connectivity index (χ1n) is 11.6. The Morgan fingerprint density at radius 1 is 1.00 bits per heavy atom. The van der Waals surface area contributed by atoms with E-state index in [9.17, 15) is 14.4 Å². The number of rotatable bonds is 10. The van der Waals surface area contributed by atoms with Gasteiger partial charge in [0.1, 0.15) is 13.2 Å². The first kappa shape index (κ1) is 23.8. The van der Waals surface area contributed by atoms with Crippen molar-refractivity contribution in [2.75, 3.05) is 46.9 Å². The number of hydrogen-bond acceptors (Lipinski definition) is 5. The predicted octanol–water partition coefficient (Wildman–Crippen LogP) is 2.64. The Hall–Kier alpha value is -3.39. The summed E-state index contributed by atoms with van der Waals surface area (Å²) in [4.78, 5) is 39.6. The molecule has 0 aromatic heterocycles. The van der Waals surface area contributed by atoms with Gasteiger partial charge >= 0.3 is 12.1 Å². The summed E-state index contributed by atoms with van der Waals surface area (Å²) < 4.78 is 5.55. The van der Waals surface area contributed by atoms with Crippen molar-refractivity contribution < 1.29 is 24.2 Å². The zero-order valence-electron chi connectivity index (χ0n) is 19.6. The van der Waals surface area contributed by atoms with Gasteiger partial charge in [-0.05, 0) is 48.7 Å². The van der Waals surface area contributed by atoms with Crippen LogP contribution in [0.2, 0.25) is 0 Å². The zero-order valence-corrected chi connectivity index (χ0v) is 19.6. The Balaban J connectivity index is 1.26. The van der Waals surface area contributed by atoms with Gasteiger partial charge in [-0.25, -0.2) is 4.79 Å². The second-order valence-corrected chi connectivity index (χ2v) is 9.27. The van der Waals surface area contributed by atoms with Crippen molar-refractivity contribution in [3.8, 4) is 11.1 Å². The lowest BCUT2D eigenvalue weighted by atomic mass is 9.98. The van der Waals surface area contributed by atoms with E-state index in [1.165, 1.54) is 16.0 Å². The van der Waals surface area contributed by atoms with Gasteiger partial charge in [0.25, 0.3) is 0 Å². The van der Waals surface area contributed by atoms with Crippen molar-refractivity contribution in [2.24, 2.45) is 11.8 Å². The molecule has 8 heteroatoms. The Labute approximate surface area is 199 Å². The number of fused-ring (bicyclic) bond motifs is 3. The number of aliphatic carboxylic acids is 1. The van der Waals surface area contributed by atoms with E-state index in [2.05, 4.69) is 29.6 Å². The highest BCUT2D eigenvalue weighted by atomic mass is 16.5. The smallest absolute Gasteiger partial charge is 0.407 e. The van der Waals surface area contributed by atoms with Crippen LogP contribution in [-0.2, 0) is 14.3 Å². The first-order valence-corrected chi connectivity index (χ1v) is 11.6. The number of benzene rings is 2. The summed E-state index contributed by atoms with van der Waals surface area (Å²) >= 11 is 0. The molecule has 0 bridgehead atoms. The standard InChI is InChI=1S/C26H31N3O5/c1-28(2)11-12-29(15-24(30)31)25(32)22-13-17(22)14-27-26(33)34-16-23-20-9-5-3-7-18(20)19-8-4-6-10-21(19)23/h3-10,17,22-23H,11-16H2,1-2H3,(H,27,33)(H,30,31)/t17-,22-/m0/s1.